The summed E-state index contributed by atoms with van der Waals surface area (Å²) in [6.45, 7) is 8.74. The van der Waals surface area contributed by atoms with Crippen LogP contribution < -0.4 is 4.74 Å². The van der Waals surface area contributed by atoms with Gasteiger partial charge in [0.05, 0.1) is 0 Å². The zero-order valence-corrected chi connectivity index (χ0v) is 17.9. The quantitative estimate of drug-likeness (QED) is 0.565. The first-order valence-corrected chi connectivity index (χ1v) is 10.6. The molecule has 2 aromatic carbocycles. The van der Waals surface area contributed by atoms with Crippen molar-refractivity contribution in [1.82, 2.24) is 0 Å². The van der Waals surface area contributed by atoms with Gasteiger partial charge in [0.1, 0.15) is 17.1 Å². The highest BCUT2D eigenvalue weighted by Crippen LogP contribution is 2.54. The Balaban J connectivity index is 1.68. The minimum atomic E-state index is -0.240. The van der Waals surface area contributed by atoms with Gasteiger partial charge in [-0.05, 0) is 81.3 Å². The maximum atomic E-state index is 11.0. The lowest BCUT2D eigenvalue weighted by molar-refractivity contribution is 0.00749. The van der Waals surface area contributed by atoms with Crippen LogP contribution in [0.5, 0.6) is 11.5 Å². The minimum Gasteiger partial charge on any atom is -0.508 e. The van der Waals surface area contributed by atoms with Crippen molar-refractivity contribution in [3.63, 3.8) is 0 Å². The smallest absolute Gasteiger partial charge is 0.127 e. The summed E-state index contributed by atoms with van der Waals surface area (Å²) in [5.41, 5.74) is 4.47. The Bertz CT molecular complexity index is 928. The third-order valence-corrected chi connectivity index (χ3v) is 6.76. The van der Waals surface area contributed by atoms with E-state index in [-0.39, 0.29) is 11.5 Å². The van der Waals surface area contributed by atoms with Crippen LogP contribution >= 0.6 is 11.6 Å². The zero-order chi connectivity index (χ0) is 20.1. The average Bonchev–Trinajstić information content (AvgIpc) is 2.60. The average molecular weight is 397 g/mol. The Hall–Kier alpha value is -1.93. The van der Waals surface area contributed by atoms with Crippen molar-refractivity contribution in [3.05, 3.63) is 69.8 Å². The highest BCUT2D eigenvalue weighted by atomic mass is 35.5. The first kappa shape index (κ1) is 19.4. The summed E-state index contributed by atoms with van der Waals surface area (Å²) in [6.07, 6.45) is 5.20. The molecule has 0 radical (unpaired) electrons. The minimum absolute atomic E-state index is 0.240. The molecule has 3 heteroatoms. The summed E-state index contributed by atoms with van der Waals surface area (Å²) in [5.74, 6) is 2.21. The Kier molecular flexibility index (Phi) is 4.95. The largest absolute Gasteiger partial charge is 0.508 e. The fourth-order valence-corrected chi connectivity index (χ4v) is 5.22. The van der Waals surface area contributed by atoms with E-state index in [1.165, 1.54) is 11.1 Å². The van der Waals surface area contributed by atoms with Crippen molar-refractivity contribution < 1.29 is 9.84 Å². The van der Waals surface area contributed by atoms with Crippen molar-refractivity contribution >= 4 is 11.6 Å². The Morgan fingerprint density at radius 1 is 1.25 bits per heavy atom. The lowest BCUT2D eigenvalue weighted by Crippen LogP contribution is -2.45. The number of ether oxygens (including phenoxy) is 1. The molecule has 2 nitrogen and oxygen atoms in total. The second-order valence-corrected chi connectivity index (χ2v) is 9.53. The molecule has 0 saturated carbocycles. The second-order valence-electron chi connectivity index (χ2n) is 9.10. The highest BCUT2D eigenvalue weighted by Gasteiger charge is 2.45. The fourth-order valence-electron chi connectivity index (χ4n) is 5.01. The van der Waals surface area contributed by atoms with E-state index in [0.29, 0.717) is 17.6 Å². The molecule has 3 unspecified atom stereocenters. The number of benzene rings is 2. The number of rotatable bonds is 3. The molecule has 28 heavy (non-hydrogen) atoms. The number of phenols is 1. The molecule has 1 aliphatic carbocycles. The van der Waals surface area contributed by atoms with E-state index < -0.39 is 0 Å². The standard InChI is InChI=1S/C25H29ClO2/c1-15-8-9-21-20(10-15)24-22(27)13-18(14-23(24)28-25(21,3)4)16(2)11-17-6-5-7-19(26)12-17/h5-8,12-14,16,20-21,27H,9-11H2,1-4H3. The van der Waals surface area contributed by atoms with E-state index >= 15 is 0 Å². The number of fused-ring (bicyclic) bond motifs is 3. The van der Waals surface area contributed by atoms with Crippen LogP contribution in [0.3, 0.4) is 0 Å². The molecule has 0 amide bonds. The summed E-state index contributed by atoms with van der Waals surface area (Å²) in [6, 6.07) is 12.1. The monoisotopic (exact) mass is 396 g/mol. The van der Waals surface area contributed by atoms with E-state index in [4.69, 9.17) is 16.3 Å². The van der Waals surface area contributed by atoms with Gasteiger partial charge in [-0.25, -0.2) is 0 Å². The van der Waals surface area contributed by atoms with Gasteiger partial charge in [0, 0.05) is 22.4 Å². The van der Waals surface area contributed by atoms with E-state index in [1.54, 1.807) is 0 Å². The summed E-state index contributed by atoms with van der Waals surface area (Å²) in [4.78, 5) is 0. The molecule has 1 aliphatic heterocycles. The number of allylic oxidation sites excluding steroid dienone is 2. The topological polar surface area (TPSA) is 29.5 Å². The van der Waals surface area contributed by atoms with Gasteiger partial charge in [-0.15, -0.1) is 0 Å². The molecule has 1 heterocycles. The molecule has 2 aromatic rings. The molecule has 0 bridgehead atoms. The molecule has 2 aliphatic rings. The summed E-state index contributed by atoms with van der Waals surface area (Å²) >= 11 is 6.14. The lowest BCUT2D eigenvalue weighted by Gasteiger charge is -2.47. The highest BCUT2D eigenvalue weighted by molar-refractivity contribution is 6.30. The van der Waals surface area contributed by atoms with Gasteiger partial charge in [0.2, 0.25) is 0 Å². The molecular formula is C25H29ClO2. The van der Waals surface area contributed by atoms with Gasteiger partial charge in [-0.2, -0.15) is 0 Å². The third-order valence-electron chi connectivity index (χ3n) is 6.53. The summed E-state index contributed by atoms with van der Waals surface area (Å²) in [5, 5.41) is 11.7. The van der Waals surface area contributed by atoms with Gasteiger partial charge in [0.25, 0.3) is 0 Å². The van der Waals surface area contributed by atoms with Gasteiger partial charge in [-0.3, -0.25) is 0 Å². The number of aromatic hydroxyl groups is 1. The van der Waals surface area contributed by atoms with Crippen molar-refractivity contribution in [3.8, 4) is 11.5 Å². The van der Waals surface area contributed by atoms with Crippen LogP contribution in [0, 0.1) is 5.92 Å². The molecule has 0 saturated heterocycles. The Morgan fingerprint density at radius 3 is 2.79 bits per heavy atom. The van der Waals surface area contributed by atoms with Gasteiger partial charge in [-0.1, -0.05) is 42.3 Å². The molecule has 0 fully saturated rings. The fraction of sp³-hybridized carbons (Fsp3) is 0.440. The molecular weight excluding hydrogens is 368 g/mol. The van der Waals surface area contributed by atoms with Gasteiger partial charge >= 0.3 is 0 Å². The van der Waals surface area contributed by atoms with E-state index in [0.717, 1.165) is 41.2 Å². The predicted molar refractivity (Wildman–Crippen MR) is 116 cm³/mol. The summed E-state index contributed by atoms with van der Waals surface area (Å²) in [7, 11) is 0. The predicted octanol–water partition coefficient (Wildman–Crippen LogP) is 7.00. The molecule has 3 atom stereocenters. The normalized spacial score (nSPS) is 23.8. The van der Waals surface area contributed by atoms with Crippen LogP contribution in [-0.2, 0) is 6.42 Å². The number of hydrogen-bond donors (Lipinski definition) is 1. The van der Waals surface area contributed by atoms with Crippen molar-refractivity contribution in [2.24, 2.45) is 5.92 Å². The third kappa shape index (κ3) is 3.55. The van der Waals surface area contributed by atoms with E-state index in [2.05, 4.69) is 45.9 Å². The van der Waals surface area contributed by atoms with Crippen molar-refractivity contribution in [2.75, 3.05) is 0 Å². The zero-order valence-electron chi connectivity index (χ0n) is 17.1. The second kappa shape index (κ2) is 7.15. The first-order chi connectivity index (χ1) is 13.2. The number of phenolic OH excluding ortho intramolecular Hbond substituents is 1. The number of hydrogen-bond acceptors (Lipinski definition) is 2. The maximum absolute atomic E-state index is 11.0. The van der Waals surface area contributed by atoms with Gasteiger partial charge < -0.3 is 9.84 Å². The Labute approximate surface area is 173 Å². The van der Waals surface area contributed by atoms with Crippen LogP contribution in [0.4, 0.5) is 0 Å². The van der Waals surface area contributed by atoms with Crippen LogP contribution in [0.2, 0.25) is 5.02 Å². The van der Waals surface area contributed by atoms with E-state index in [9.17, 15) is 5.11 Å². The molecule has 4 rings (SSSR count). The van der Waals surface area contributed by atoms with Crippen LogP contribution in [-0.4, -0.2) is 10.7 Å². The number of halogens is 1. The molecule has 148 valence electrons. The first-order valence-electron chi connectivity index (χ1n) is 10.2. The van der Waals surface area contributed by atoms with E-state index in [1.807, 2.05) is 24.3 Å². The molecule has 0 aromatic heterocycles. The SMILES string of the molecule is CC1=CCC2C(C1)c1c(O)cc(C(C)Cc3cccc(Cl)c3)cc1OC2(C)C. The van der Waals surface area contributed by atoms with Gasteiger partial charge in [0.15, 0.2) is 0 Å². The van der Waals surface area contributed by atoms with Crippen LogP contribution in [0.1, 0.15) is 69.1 Å². The summed E-state index contributed by atoms with van der Waals surface area (Å²) < 4.78 is 6.45. The van der Waals surface area contributed by atoms with Crippen LogP contribution in [0.15, 0.2) is 48.0 Å². The lowest BCUT2D eigenvalue weighted by atomic mass is 9.67. The molecule has 1 N–H and O–H groups in total. The molecule has 0 spiro atoms. The van der Waals surface area contributed by atoms with Crippen molar-refractivity contribution in [2.45, 2.75) is 64.4 Å². The van der Waals surface area contributed by atoms with Crippen molar-refractivity contribution in [1.29, 1.82) is 0 Å². The maximum Gasteiger partial charge on any atom is 0.127 e. The van der Waals surface area contributed by atoms with Crippen LogP contribution in [0.25, 0.3) is 0 Å². The Morgan fingerprint density at radius 2 is 2.04 bits per heavy atom.